The third kappa shape index (κ3) is 2.58. The van der Waals surface area contributed by atoms with E-state index in [1.807, 2.05) is 13.2 Å². The van der Waals surface area contributed by atoms with Crippen LogP contribution < -0.4 is 5.32 Å². The molecular formula is C11H21N3. The number of hydrogen-bond acceptors (Lipinski definition) is 2. The smallest absolute Gasteiger partial charge is 0.108 e. The molecule has 1 atom stereocenters. The molecule has 80 valence electrons. The predicted octanol–water partition coefficient (Wildman–Crippen LogP) is 2.01. The Morgan fingerprint density at radius 1 is 1.50 bits per heavy atom. The van der Waals surface area contributed by atoms with Crippen LogP contribution >= 0.6 is 0 Å². The first kappa shape index (κ1) is 11.2. The number of aryl methyl sites for hydroxylation is 1. The van der Waals surface area contributed by atoms with Crippen molar-refractivity contribution in [2.75, 3.05) is 13.6 Å². The van der Waals surface area contributed by atoms with Crippen molar-refractivity contribution in [3.8, 4) is 0 Å². The van der Waals surface area contributed by atoms with Crippen LogP contribution in [-0.2, 0) is 6.42 Å². The maximum atomic E-state index is 4.36. The summed E-state index contributed by atoms with van der Waals surface area (Å²) < 4.78 is 2.31. The highest BCUT2D eigenvalue weighted by atomic mass is 15.1. The molecule has 1 aromatic rings. The van der Waals surface area contributed by atoms with Gasteiger partial charge in [-0.2, -0.15) is 0 Å². The number of imidazole rings is 1. The third-order valence-electron chi connectivity index (χ3n) is 2.52. The maximum Gasteiger partial charge on any atom is 0.108 e. The zero-order valence-corrected chi connectivity index (χ0v) is 9.45. The topological polar surface area (TPSA) is 29.9 Å². The highest BCUT2D eigenvalue weighted by Gasteiger charge is 2.11. The molecule has 0 bridgehead atoms. The van der Waals surface area contributed by atoms with Crippen LogP contribution in [0.15, 0.2) is 12.4 Å². The fourth-order valence-electron chi connectivity index (χ4n) is 1.86. The Labute approximate surface area is 86.5 Å². The Bertz CT molecular complexity index is 249. The Balaban J connectivity index is 2.75. The molecule has 3 heteroatoms. The first-order chi connectivity index (χ1) is 6.83. The van der Waals surface area contributed by atoms with E-state index in [-0.39, 0.29) is 0 Å². The Kier molecular flexibility index (Phi) is 4.66. The van der Waals surface area contributed by atoms with Gasteiger partial charge in [0, 0.05) is 31.4 Å². The summed E-state index contributed by atoms with van der Waals surface area (Å²) >= 11 is 0. The van der Waals surface area contributed by atoms with Gasteiger partial charge in [0.05, 0.1) is 0 Å². The first-order valence-electron chi connectivity index (χ1n) is 5.49. The zero-order chi connectivity index (χ0) is 10.4. The lowest BCUT2D eigenvalue weighted by atomic mass is 10.1. The lowest BCUT2D eigenvalue weighted by molar-refractivity contribution is 0.431. The van der Waals surface area contributed by atoms with E-state index in [1.165, 1.54) is 18.7 Å². The highest BCUT2D eigenvalue weighted by Crippen LogP contribution is 2.15. The molecule has 0 aliphatic rings. The summed E-state index contributed by atoms with van der Waals surface area (Å²) in [4.78, 5) is 4.36. The average Bonchev–Trinajstić information content (AvgIpc) is 2.65. The van der Waals surface area contributed by atoms with Crippen molar-refractivity contribution in [2.24, 2.45) is 0 Å². The minimum absolute atomic E-state index is 0.558. The minimum atomic E-state index is 0.558. The van der Waals surface area contributed by atoms with E-state index in [0.29, 0.717) is 6.04 Å². The van der Waals surface area contributed by atoms with Crippen LogP contribution in [-0.4, -0.2) is 23.1 Å². The molecule has 1 rings (SSSR count). The normalized spacial score (nSPS) is 13.1. The fourth-order valence-corrected chi connectivity index (χ4v) is 1.86. The molecule has 14 heavy (non-hydrogen) atoms. The van der Waals surface area contributed by atoms with Gasteiger partial charge in [-0.15, -0.1) is 0 Å². The van der Waals surface area contributed by atoms with Crippen molar-refractivity contribution < 1.29 is 0 Å². The number of nitrogens with zero attached hydrogens (tertiary/aromatic N) is 2. The van der Waals surface area contributed by atoms with Gasteiger partial charge in [-0.3, -0.25) is 0 Å². The summed E-state index contributed by atoms with van der Waals surface area (Å²) in [6.45, 7) is 5.41. The van der Waals surface area contributed by atoms with Crippen LogP contribution in [0.2, 0.25) is 0 Å². The van der Waals surface area contributed by atoms with Crippen molar-refractivity contribution in [1.29, 1.82) is 0 Å². The summed E-state index contributed by atoms with van der Waals surface area (Å²) in [6.07, 6.45) is 7.43. The monoisotopic (exact) mass is 195 g/mol. The molecule has 0 aliphatic heterocycles. The molecule has 1 N–H and O–H groups in total. The Hall–Kier alpha value is -0.830. The van der Waals surface area contributed by atoms with Gasteiger partial charge in [-0.05, 0) is 13.5 Å². The van der Waals surface area contributed by atoms with E-state index in [4.69, 9.17) is 0 Å². The van der Waals surface area contributed by atoms with Crippen LogP contribution in [0.3, 0.4) is 0 Å². The highest BCUT2D eigenvalue weighted by molar-refractivity contribution is 4.95. The van der Waals surface area contributed by atoms with E-state index in [9.17, 15) is 0 Å². The van der Waals surface area contributed by atoms with E-state index in [2.05, 4.69) is 34.9 Å². The molecule has 0 aromatic carbocycles. The zero-order valence-electron chi connectivity index (χ0n) is 9.45. The molecule has 1 heterocycles. The van der Waals surface area contributed by atoms with Crippen molar-refractivity contribution in [2.45, 2.75) is 39.2 Å². The van der Waals surface area contributed by atoms with Gasteiger partial charge in [-0.25, -0.2) is 4.98 Å². The number of hydrogen-bond donors (Lipinski definition) is 1. The van der Waals surface area contributed by atoms with E-state index in [1.54, 1.807) is 0 Å². The largest absolute Gasteiger partial charge is 0.331 e. The lowest BCUT2D eigenvalue weighted by Crippen LogP contribution is -2.23. The SMILES string of the molecule is CCCC(CNC)n1ccnc1CC. The van der Waals surface area contributed by atoms with Crippen molar-refractivity contribution >= 4 is 0 Å². The molecule has 0 amide bonds. The van der Waals surface area contributed by atoms with Gasteiger partial charge in [0.1, 0.15) is 5.82 Å². The van der Waals surface area contributed by atoms with Crippen LogP contribution in [0, 0.1) is 0 Å². The summed E-state index contributed by atoms with van der Waals surface area (Å²) in [5.41, 5.74) is 0. The number of aromatic nitrogens is 2. The van der Waals surface area contributed by atoms with Crippen molar-refractivity contribution in [3.05, 3.63) is 18.2 Å². The summed E-state index contributed by atoms with van der Waals surface area (Å²) in [5, 5.41) is 3.24. The predicted molar refractivity (Wildman–Crippen MR) is 59.5 cm³/mol. The standard InChI is InChI=1S/C11H21N3/c1-4-6-10(9-12-3)14-8-7-13-11(14)5-2/h7-8,10,12H,4-6,9H2,1-3H3. The molecule has 1 aromatic heterocycles. The second kappa shape index (κ2) is 5.81. The number of rotatable bonds is 6. The minimum Gasteiger partial charge on any atom is -0.331 e. The molecular weight excluding hydrogens is 174 g/mol. The van der Waals surface area contributed by atoms with Crippen LogP contribution in [0.5, 0.6) is 0 Å². The number of likely N-dealkylation sites (N-methyl/N-ethyl adjacent to an activating group) is 1. The van der Waals surface area contributed by atoms with Crippen LogP contribution in [0.4, 0.5) is 0 Å². The van der Waals surface area contributed by atoms with Gasteiger partial charge in [0.2, 0.25) is 0 Å². The van der Waals surface area contributed by atoms with Gasteiger partial charge in [0.25, 0.3) is 0 Å². The number of nitrogens with one attached hydrogen (secondary N) is 1. The molecule has 3 nitrogen and oxygen atoms in total. The van der Waals surface area contributed by atoms with Gasteiger partial charge < -0.3 is 9.88 Å². The molecule has 1 unspecified atom stereocenters. The second-order valence-electron chi connectivity index (χ2n) is 3.60. The lowest BCUT2D eigenvalue weighted by Gasteiger charge is -2.19. The third-order valence-corrected chi connectivity index (χ3v) is 2.52. The first-order valence-corrected chi connectivity index (χ1v) is 5.49. The molecule has 0 saturated carbocycles. The van der Waals surface area contributed by atoms with Crippen LogP contribution in [0.25, 0.3) is 0 Å². The van der Waals surface area contributed by atoms with E-state index in [0.717, 1.165) is 13.0 Å². The quantitative estimate of drug-likeness (QED) is 0.752. The van der Waals surface area contributed by atoms with Crippen molar-refractivity contribution in [1.82, 2.24) is 14.9 Å². The molecule has 0 aliphatic carbocycles. The van der Waals surface area contributed by atoms with E-state index >= 15 is 0 Å². The van der Waals surface area contributed by atoms with Gasteiger partial charge >= 0.3 is 0 Å². The van der Waals surface area contributed by atoms with Crippen LogP contribution in [0.1, 0.15) is 38.6 Å². The van der Waals surface area contributed by atoms with Gasteiger partial charge in [0.15, 0.2) is 0 Å². The average molecular weight is 195 g/mol. The maximum absolute atomic E-state index is 4.36. The van der Waals surface area contributed by atoms with Crippen molar-refractivity contribution in [3.63, 3.8) is 0 Å². The fraction of sp³-hybridized carbons (Fsp3) is 0.727. The molecule has 0 radical (unpaired) electrons. The van der Waals surface area contributed by atoms with Gasteiger partial charge in [-0.1, -0.05) is 20.3 Å². The summed E-state index contributed by atoms with van der Waals surface area (Å²) in [6, 6.07) is 0.558. The molecule has 0 fully saturated rings. The summed E-state index contributed by atoms with van der Waals surface area (Å²) in [7, 11) is 2.01. The summed E-state index contributed by atoms with van der Waals surface area (Å²) in [5.74, 6) is 1.19. The Morgan fingerprint density at radius 3 is 2.86 bits per heavy atom. The second-order valence-corrected chi connectivity index (χ2v) is 3.60. The molecule has 0 saturated heterocycles. The molecule has 0 spiro atoms. The Morgan fingerprint density at radius 2 is 2.29 bits per heavy atom. The van der Waals surface area contributed by atoms with E-state index < -0.39 is 0 Å².